The lowest BCUT2D eigenvalue weighted by molar-refractivity contribution is -0.122. The van der Waals surface area contributed by atoms with Gasteiger partial charge in [0.1, 0.15) is 6.04 Å². The van der Waals surface area contributed by atoms with E-state index in [4.69, 9.17) is 10.00 Å². The van der Waals surface area contributed by atoms with Crippen molar-refractivity contribution in [1.29, 1.82) is 5.26 Å². The Bertz CT molecular complexity index is 278. The van der Waals surface area contributed by atoms with Crippen LogP contribution in [0.15, 0.2) is 0 Å². The van der Waals surface area contributed by atoms with E-state index in [0.717, 1.165) is 25.9 Å². The van der Waals surface area contributed by atoms with Gasteiger partial charge in [-0.1, -0.05) is 13.8 Å². The van der Waals surface area contributed by atoms with Gasteiger partial charge >= 0.3 is 0 Å². The smallest absolute Gasteiger partial charge is 0.221 e. The molecule has 1 amide bonds. The summed E-state index contributed by atoms with van der Waals surface area (Å²) >= 11 is 0. The number of hydrogen-bond acceptors (Lipinski definition) is 3. The van der Waals surface area contributed by atoms with E-state index < -0.39 is 0 Å². The highest BCUT2D eigenvalue weighted by Gasteiger charge is 2.18. The van der Waals surface area contributed by atoms with Gasteiger partial charge in [-0.25, -0.2) is 0 Å². The molecule has 1 saturated heterocycles. The predicted molar refractivity (Wildman–Crippen MR) is 65.2 cm³/mol. The minimum atomic E-state index is -0.380. The Morgan fingerprint density at radius 2 is 2.29 bits per heavy atom. The fourth-order valence-electron chi connectivity index (χ4n) is 1.92. The van der Waals surface area contributed by atoms with Crippen molar-refractivity contribution in [2.45, 2.75) is 58.1 Å². The van der Waals surface area contributed by atoms with Crippen molar-refractivity contribution in [3.63, 3.8) is 0 Å². The fraction of sp³-hybridized carbons (Fsp3) is 0.846. The molecule has 1 rings (SSSR count). The fourth-order valence-corrected chi connectivity index (χ4v) is 1.92. The summed E-state index contributed by atoms with van der Waals surface area (Å²) < 4.78 is 5.56. The first kappa shape index (κ1) is 14.0. The summed E-state index contributed by atoms with van der Waals surface area (Å²) in [5.74, 6) is 0.106. The molecule has 17 heavy (non-hydrogen) atoms. The van der Waals surface area contributed by atoms with Crippen molar-refractivity contribution in [3.05, 3.63) is 0 Å². The van der Waals surface area contributed by atoms with Crippen LogP contribution in [0.25, 0.3) is 0 Å². The Morgan fingerprint density at radius 3 is 2.82 bits per heavy atom. The van der Waals surface area contributed by atoms with Gasteiger partial charge in [0.25, 0.3) is 0 Å². The van der Waals surface area contributed by atoms with E-state index in [9.17, 15) is 4.79 Å². The van der Waals surface area contributed by atoms with Crippen LogP contribution in [0.1, 0.15) is 46.0 Å². The molecule has 0 aromatic heterocycles. The molecule has 0 saturated carbocycles. The molecule has 2 atom stereocenters. The van der Waals surface area contributed by atoms with Crippen LogP contribution in [0.4, 0.5) is 0 Å². The number of nitrogens with one attached hydrogen (secondary N) is 1. The maximum Gasteiger partial charge on any atom is 0.221 e. The molecule has 0 spiro atoms. The normalized spacial score (nSPS) is 21.9. The predicted octanol–water partition coefficient (Wildman–Crippen LogP) is 2.00. The average molecular weight is 238 g/mol. The molecule has 4 nitrogen and oxygen atoms in total. The Labute approximate surface area is 103 Å². The number of nitrogens with zero attached hydrogens (tertiary/aromatic N) is 1. The molecular formula is C13H22N2O2. The van der Waals surface area contributed by atoms with Crippen molar-refractivity contribution in [3.8, 4) is 6.07 Å². The SMILES string of the molecule is CC(C)C(C#N)NC(=O)CCC1CCCCO1. The van der Waals surface area contributed by atoms with Gasteiger partial charge in [-0.2, -0.15) is 5.26 Å². The third-order valence-corrected chi connectivity index (χ3v) is 3.09. The number of carbonyl (C=O) groups excluding carboxylic acids is 1. The van der Waals surface area contributed by atoms with Gasteiger partial charge in [-0.15, -0.1) is 0 Å². The number of ether oxygens (including phenoxy) is 1. The Balaban J connectivity index is 2.22. The zero-order valence-corrected chi connectivity index (χ0v) is 10.7. The molecule has 1 N–H and O–H groups in total. The first-order chi connectivity index (χ1) is 8.13. The lowest BCUT2D eigenvalue weighted by atomic mass is 10.0. The second-order valence-corrected chi connectivity index (χ2v) is 4.95. The van der Waals surface area contributed by atoms with Crippen LogP contribution < -0.4 is 5.32 Å². The van der Waals surface area contributed by atoms with E-state index in [-0.39, 0.29) is 24.0 Å². The van der Waals surface area contributed by atoms with E-state index in [1.165, 1.54) is 6.42 Å². The van der Waals surface area contributed by atoms with Crippen LogP contribution in [0.3, 0.4) is 0 Å². The van der Waals surface area contributed by atoms with Crippen molar-refractivity contribution in [2.75, 3.05) is 6.61 Å². The minimum Gasteiger partial charge on any atom is -0.378 e. The highest BCUT2D eigenvalue weighted by Crippen LogP contribution is 2.16. The van der Waals surface area contributed by atoms with Gasteiger partial charge in [0.2, 0.25) is 5.91 Å². The monoisotopic (exact) mass is 238 g/mol. The third-order valence-electron chi connectivity index (χ3n) is 3.09. The van der Waals surface area contributed by atoms with Crippen LogP contribution in [0, 0.1) is 17.2 Å². The zero-order chi connectivity index (χ0) is 12.7. The molecule has 2 unspecified atom stereocenters. The largest absolute Gasteiger partial charge is 0.378 e. The highest BCUT2D eigenvalue weighted by molar-refractivity contribution is 5.76. The number of hydrogen-bond donors (Lipinski definition) is 1. The molecule has 4 heteroatoms. The number of amides is 1. The van der Waals surface area contributed by atoms with Crippen LogP contribution >= 0.6 is 0 Å². The second-order valence-electron chi connectivity index (χ2n) is 4.95. The Hall–Kier alpha value is -1.08. The molecule has 1 aliphatic rings. The second kappa shape index (κ2) is 7.29. The molecule has 1 heterocycles. The zero-order valence-electron chi connectivity index (χ0n) is 10.7. The van der Waals surface area contributed by atoms with E-state index >= 15 is 0 Å². The number of carbonyl (C=O) groups is 1. The quantitative estimate of drug-likeness (QED) is 0.796. The van der Waals surface area contributed by atoms with E-state index in [1.807, 2.05) is 13.8 Å². The first-order valence-corrected chi connectivity index (χ1v) is 6.44. The molecule has 0 radical (unpaired) electrons. The van der Waals surface area contributed by atoms with E-state index in [0.29, 0.717) is 6.42 Å². The number of nitriles is 1. The average Bonchev–Trinajstić information content (AvgIpc) is 2.34. The molecule has 96 valence electrons. The maximum absolute atomic E-state index is 11.6. The molecule has 1 fully saturated rings. The molecule has 0 bridgehead atoms. The van der Waals surface area contributed by atoms with Gasteiger partial charge in [-0.05, 0) is 31.6 Å². The summed E-state index contributed by atoms with van der Waals surface area (Å²) in [5.41, 5.74) is 0. The molecule has 1 aliphatic heterocycles. The molecule has 0 aromatic carbocycles. The van der Waals surface area contributed by atoms with Gasteiger partial charge in [-0.3, -0.25) is 4.79 Å². The lowest BCUT2D eigenvalue weighted by Crippen LogP contribution is -2.37. The topological polar surface area (TPSA) is 62.1 Å². The van der Waals surface area contributed by atoms with Crippen LogP contribution in [-0.4, -0.2) is 24.7 Å². The highest BCUT2D eigenvalue weighted by atomic mass is 16.5. The summed E-state index contributed by atoms with van der Waals surface area (Å²) in [6, 6.07) is 1.73. The van der Waals surface area contributed by atoms with Crippen LogP contribution in [0.2, 0.25) is 0 Å². The van der Waals surface area contributed by atoms with Gasteiger partial charge in [0, 0.05) is 13.0 Å². The van der Waals surface area contributed by atoms with E-state index in [2.05, 4.69) is 11.4 Å². The van der Waals surface area contributed by atoms with Gasteiger partial charge < -0.3 is 10.1 Å². The summed E-state index contributed by atoms with van der Waals surface area (Å²) in [6.07, 6.45) is 4.83. The van der Waals surface area contributed by atoms with Gasteiger partial charge in [0.15, 0.2) is 0 Å². The molecule has 0 aromatic rings. The van der Waals surface area contributed by atoms with Crippen LogP contribution in [0.5, 0.6) is 0 Å². The third kappa shape index (κ3) is 5.18. The summed E-state index contributed by atoms with van der Waals surface area (Å²) in [5, 5.41) is 11.6. The molecule has 0 aliphatic carbocycles. The van der Waals surface area contributed by atoms with Crippen molar-refractivity contribution in [2.24, 2.45) is 5.92 Å². The van der Waals surface area contributed by atoms with Crippen LogP contribution in [-0.2, 0) is 9.53 Å². The van der Waals surface area contributed by atoms with Crippen molar-refractivity contribution >= 4 is 5.91 Å². The van der Waals surface area contributed by atoms with Gasteiger partial charge in [0.05, 0.1) is 12.2 Å². The standard InChI is InChI=1S/C13H22N2O2/c1-10(2)12(9-14)15-13(16)7-6-11-5-3-4-8-17-11/h10-12H,3-8H2,1-2H3,(H,15,16). The minimum absolute atomic E-state index is 0.0422. The van der Waals surface area contributed by atoms with Crippen molar-refractivity contribution < 1.29 is 9.53 Å². The summed E-state index contributed by atoms with van der Waals surface area (Å²) in [4.78, 5) is 11.6. The maximum atomic E-state index is 11.6. The summed E-state index contributed by atoms with van der Waals surface area (Å²) in [6.45, 7) is 4.68. The summed E-state index contributed by atoms with van der Waals surface area (Å²) in [7, 11) is 0. The lowest BCUT2D eigenvalue weighted by Gasteiger charge is -2.22. The van der Waals surface area contributed by atoms with Crippen molar-refractivity contribution in [1.82, 2.24) is 5.32 Å². The first-order valence-electron chi connectivity index (χ1n) is 6.44. The Kier molecular flexibility index (Phi) is 5.99. The Morgan fingerprint density at radius 1 is 1.53 bits per heavy atom. The molecular weight excluding hydrogens is 216 g/mol. The number of rotatable bonds is 5. The van der Waals surface area contributed by atoms with E-state index in [1.54, 1.807) is 0 Å².